The van der Waals surface area contributed by atoms with Gasteiger partial charge in [0.05, 0.1) is 10.5 Å². The normalized spacial score (nSPS) is 19.1. The SMILES string of the molecule is O=C(CCNC(=O)C1CCN(S(=O)(=O)c2cccc(C(F)(F)F)c2)CC1)NC1CCCC1. The number of piperidine rings is 1. The van der Waals surface area contributed by atoms with Gasteiger partial charge in [0, 0.05) is 38.0 Å². The van der Waals surface area contributed by atoms with E-state index in [1.54, 1.807) is 0 Å². The molecule has 1 aromatic rings. The van der Waals surface area contributed by atoms with Crippen molar-refractivity contribution in [2.24, 2.45) is 5.92 Å². The Morgan fingerprint density at radius 3 is 2.34 bits per heavy atom. The Morgan fingerprint density at radius 1 is 1.06 bits per heavy atom. The predicted octanol–water partition coefficient (Wildman–Crippen LogP) is 2.67. The highest BCUT2D eigenvalue weighted by Gasteiger charge is 2.35. The van der Waals surface area contributed by atoms with Gasteiger partial charge in [-0.1, -0.05) is 18.9 Å². The topological polar surface area (TPSA) is 95.6 Å². The van der Waals surface area contributed by atoms with Crippen molar-refractivity contribution >= 4 is 21.8 Å². The third kappa shape index (κ3) is 6.22. The van der Waals surface area contributed by atoms with Crippen LogP contribution in [0.2, 0.25) is 0 Å². The van der Waals surface area contributed by atoms with Crippen molar-refractivity contribution in [3.63, 3.8) is 0 Å². The summed E-state index contributed by atoms with van der Waals surface area (Å²) in [5, 5.41) is 5.67. The first-order chi connectivity index (χ1) is 15.1. The van der Waals surface area contributed by atoms with Crippen LogP contribution in [-0.4, -0.2) is 50.2 Å². The van der Waals surface area contributed by atoms with E-state index in [9.17, 15) is 31.2 Å². The first-order valence-electron chi connectivity index (χ1n) is 10.8. The number of nitrogens with zero attached hydrogens (tertiary/aromatic N) is 1. The number of benzene rings is 1. The average Bonchev–Trinajstić information content (AvgIpc) is 3.26. The lowest BCUT2D eigenvalue weighted by Gasteiger charge is -2.30. The molecule has 7 nitrogen and oxygen atoms in total. The number of hydrogen-bond acceptors (Lipinski definition) is 4. The van der Waals surface area contributed by atoms with Crippen molar-refractivity contribution in [2.75, 3.05) is 19.6 Å². The Kier molecular flexibility index (Phi) is 7.81. The van der Waals surface area contributed by atoms with E-state index < -0.39 is 32.6 Å². The molecule has 1 aliphatic carbocycles. The Labute approximate surface area is 185 Å². The highest BCUT2D eigenvalue weighted by Crippen LogP contribution is 2.32. The van der Waals surface area contributed by atoms with Crippen LogP contribution in [0.5, 0.6) is 0 Å². The van der Waals surface area contributed by atoms with Gasteiger partial charge in [-0.3, -0.25) is 9.59 Å². The third-order valence-corrected chi connectivity index (χ3v) is 7.89. The molecule has 1 aromatic carbocycles. The van der Waals surface area contributed by atoms with E-state index in [1.807, 2.05) is 0 Å². The van der Waals surface area contributed by atoms with Crippen LogP contribution in [0.4, 0.5) is 13.2 Å². The maximum absolute atomic E-state index is 12.9. The molecule has 0 unspecified atom stereocenters. The Balaban J connectivity index is 1.46. The molecular formula is C21H28F3N3O4S. The molecule has 1 heterocycles. The lowest BCUT2D eigenvalue weighted by molar-refractivity contribution is -0.137. The van der Waals surface area contributed by atoms with Gasteiger partial charge in [-0.05, 0) is 43.9 Å². The lowest BCUT2D eigenvalue weighted by Crippen LogP contribution is -2.43. The minimum atomic E-state index is -4.63. The number of nitrogens with one attached hydrogen (secondary N) is 2. The van der Waals surface area contributed by atoms with Crippen molar-refractivity contribution < 1.29 is 31.2 Å². The molecule has 2 fully saturated rings. The van der Waals surface area contributed by atoms with Gasteiger partial charge in [0.2, 0.25) is 21.8 Å². The quantitative estimate of drug-likeness (QED) is 0.634. The molecule has 2 aliphatic rings. The van der Waals surface area contributed by atoms with Crippen LogP contribution < -0.4 is 10.6 Å². The molecule has 2 N–H and O–H groups in total. The Bertz CT molecular complexity index is 922. The van der Waals surface area contributed by atoms with E-state index in [4.69, 9.17) is 0 Å². The molecule has 2 amide bonds. The lowest BCUT2D eigenvalue weighted by atomic mass is 9.97. The predicted molar refractivity (Wildman–Crippen MR) is 111 cm³/mol. The van der Waals surface area contributed by atoms with Gasteiger partial charge < -0.3 is 10.6 Å². The fourth-order valence-electron chi connectivity index (χ4n) is 4.15. The van der Waals surface area contributed by atoms with Gasteiger partial charge >= 0.3 is 6.18 Å². The molecule has 1 saturated heterocycles. The number of sulfonamides is 1. The molecule has 1 aliphatic heterocycles. The fourth-order valence-corrected chi connectivity index (χ4v) is 5.67. The van der Waals surface area contributed by atoms with Crippen molar-refractivity contribution in [3.8, 4) is 0 Å². The van der Waals surface area contributed by atoms with Crippen molar-refractivity contribution in [3.05, 3.63) is 29.8 Å². The van der Waals surface area contributed by atoms with Gasteiger partial charge in [-0.2, -0.15) is 17.5 Å². The summed E-state index contributed by atoms with van der Waals surface area (Å²) in [7, 11) is -4.09. The summed E-state index contributed by atoms with van der Waals surface area (Å²) in [4.78, 5) is 23.9. The number of carbonyl (C=O) groups excluding carboxylic acids is 2. The van der Waals surface area contributed by atoms with Crippen LogP contribution in [0, 0.1) is 5.92 Å². The smallest absolute Gasteiger partial charge is 0.355 e. The number of rotatable bonds is 7. The van der Waals surface area contributed by atoms with E-state index in [1.165, 1.54) is 0 Å². The van der Waals surface area contributed by atoms with Crippen LogP contribution in [-0.2, 0) is 25.8 Å². The van der Waals surface area contributed by atoms with Gasteiger partial charge in [0.15, 0.2) is 0 Å². The molecule has 3 rings (SSSR count). The maximum atomic E-state index is 12.9. The second-order valence-corrected chi connectivity index (χ2v) is 10.2. The van der Waals surface area contributed by atoms with Gasteiger partial charge in [-0.15, -0.1) is 0 Å². The van der Waals surface area contributed by atoms with Gasteiger partial charge in [-0.25, -0.2) is 8.42 Å². The largest absolute Gasteiger partial charge is 0.416 e. The summed E-state index contributed by atoms with van der Waals surface area (Å²) in [5.74, 6) is -0.741. The van der Waals surface area contributed by atoms with Gasteiger partial charge in [0.1, 0.15) is 0 Å². The minimum Gasteiger partial charge on any atom is -0.355 e. The monoisotopic (exact) mass is 475 g/mol. The van der Waals surface area contributed by atoms with Crippen molar-refractivity contribution in [1.29, 1.82) is 0 Å². The summed E-state index contributed by atoms with van der Waals surface area (Å²) >= 11 is 0. The van der Waals surface area contributed by atoms with Gasteiger partial charge in [0.25, 0.3) is 0 Å². The van der Waals surface area contributed by atoms with Crippen LogP contribution in [0.25, 0.3) is 0 Å². The Hall–Kier alpha value is -2.14. The molecule has 0 bridgehead atoms. The van der Waals surface area contributed by atoms with E-state index in [2.05, 4.69) is 10.6 Å². The molecule has 0 spiro atoms. The molecule has 1 saturated carbocycles. The minimum absolute atomic E-state index is 0.0405. The molecular weight excluding hydrogens is 447 g/mol. The summed E-state index contributed by atoms with van der Waals surface area (Å²) in [6.07, 6.45) is 0.278. The number of amides is 2. The number of alkyl halides is 3. The van der Waals surface area contributed by atoms with E-state index >= 15 is 0 Å². The van der Waals surface area contributed by atoms with Crippen LogP contribution >= 0.6 is 0 Å². The summed E-state index contributed by atoms with van der Waals surface area (Å²) in [6.45, 7) is 0.289. The molecule has 32 heavy (non-hydrogen) atoms. The molecule has 0 aromatic heterocycles. The van der Waals surface area contributed by atoms with Crippen LogP contribution in [0.1, 0.15) is 50.5 Å². The molecule has 11 heteroatoms. The van der Waals surface area contributed by atoms with E-state index in [0.717, 1.165) is 48.2 Å². The Morgan fingerprint density at radius 2 is 1.72 bits per heavy atom. The van der Waals surface area contributed by atoms with E-state index in [-0.39, 0.29) is 56.8 Å². The standard InChI is InChI=1S/C21H28F3N3O4S/c22-21(23,24)16-4-3-7-18(14-16)32(30,31)27-12-9-15(10-13-27)20(29)25-11-8-19(28)26-17-5-1-2-6-17/h3-4,7,14-15,17H,1-2,5-6,8-13H2,(H,25,29)(H,26,28). The zero-order valence-corrected chi connectivity index (χ0v) is 18.5. The highest BCUT2D eigenvalue weighted by atomic mass is 32.2. The van der Waals surface area contributed by atoms with Crippen molar-refractivity contribution in [1.82, 2.24) is 14.9 Å². The first kappa shape index (κ1) is 24.5. The number of halogens is 3. The molecule has 0 atom stereocenters. The average molecular weight is 476 g/mol. The third-order valence-electron chi connectivity index (χ3n) is 6.00. The van der Waals surface area contributed by atoms with Crippen molar-refractivity contribution in [2.45, 2.75) is 62.1 Å². The number of hydrogen-bond donors (Lipinski definition) is 2. The maximum Gasteiger partial charge on any atom is 0.416 e. The number of carbonyl (C=O) groups is 2. The molecule has 178 valence electrons. The fraction of sp³-hybridized carbons (Fsp3) is 0.619. The highest BCUT2D eigenvalue weighted by molar-refractivity contribution is 7.89. The summed E-state index contributed by atoms with van der Waals surface area (Å²) < 4.78 is 65.3. The second-order valence-electron chi connectivity index (χ2n) is 8.29. The molecule has 0 radical (unpaired) electrons. The zero-order chi connectivity index (χ0) is 23.4. The van der Waals surface area contributed by atoms with Crippen LogP contribution in [0.3, 0.4) is 0 Å². The van der Waals surface area contributed by atoms with Crippen LogP contribution in [0.15, 0.2) is 29.2 Å². The summed E-state index contributed by atoms with van der Waals surface area (Å²) in [6, 6.07) is 3.88. The first-order valence-corrected chi connectivity index (χ1v) is 12.3. The summed E-state index contributed by atoms with van der Waals surface area (Å²) in [5.41, 5.74) is -1.02. The zero-order valence-electron chi connectivity index (χ0n) is 17.7. The van der Waals surface area contributed by atoms with E-state index in [0.29, 0.717) is 6.07 Å². The second kappa shape index (κ2) is 10.2.